The van der Waals surface area contributed by atoms with Crippen LogP contribution >= 0.6 is 0 Å². The van der Waals surface area contributed by atoms with Crippen molar-refractivity contribution < 1.29 is 23.9 Å². The maximum atomic E-state index is 11.4. The van der Waals surface area contributed by atoms with E-state index in [2.05, 4.69) is 4.74 Å². The van der Waals surface area contributed by atoms with Gasteiger partial charge in [0.25, 0.3) is 0 Å². The van der Waals surface area contributed by atoms with Crippen molar-refractivity contribution in [3.05, 3.63) is 0 Å². The molecule has 18 heavy (non-hydrogen) atoms. The molecule has 104 valence electrons. The van der Waals surface area contributed by atoms with Gasteiger partial charge in [0.05, 0.1) is 13.7 Å². The molecule has 0 amide bonds. The zero-order chi connectivity index (χ0) is 13.8. The third kappa shape index (κ3) is 9.81. The summed E-state index contributed by atoms with van der Waals surface area (Å²) in [6.45, 7) is 2.38. The fraction of sp³-hybridized carbons (Fsp3) is 0.769. The molecular weight excluding hydrogens is 236 g/mol. The molecule has 5 heteroatoms. The Morgan fingerprint density at radius 1 is 0.944 bits per heavy atom. The van der Waals surface area contributed by atoms with Gasteiger partial charge in [-0.25, -0.2) is 0 Å². The van der Waals surface area contributed by atoms with Gasteiger partial charge in [-0.1, -0.05) is 13.3 Å². The highest BCUT2D eigenvalue weighted by molar-refractivity contribution is 5.95. The number of Topliss-reactive ketones (excluding diaryl/α,β-unsaturated/α-hetero) is 1. The first-order valence-electron chi connectivity index (χ1n) is 6.34. The summed E-state index contributed by atoms with van der Waals surface area (Å²) in [6, 6.07) is 0. The standard InChI is InChI=1S/C13H22O5/c1-3-4-9-18-13(16)10-11(14)7-5-6-8-12(15)17-2/h3-10H2,1-2H3. The van der Waals surface area contributed by atoms with Gasteiger partial charge in [-0.3, -0.25) is 14.4 Å². The van der Waals surface area contributed by atoms with E-state index in [0.717, 1.165) is 12.8 Å². The summed E-state index contributed by atoms with van der Waals surface area (Å²) in [5.41, 5.74) is 0. The Balaban J connectivity index is 3.52. The summed E-state index contributed by atoms with van der Waals surface area (Å²) in [7, 11) is 1.33. The van der Waals surface area contributed by atoms with E-state index in [1.807, 2.05) is 6.92 Å². The second-order valence-corrected chi connectivity index (χ2v) is 4.07. The number of carbonyl (C=O) groups is 3. The second kappa shape index (κ2) is 10.7. The van der Waals surface area contributed by atoms with E-state index in [1.165, 1.54) is 7.11 Å². The van der Waals surface area contributed by atoms with Gasteiger partial charge in [-0.2, -0.15) is 0 Å². The van der Waals surface area contributed by atoms with Crippen molar-refractivity contribution in [3.63, 3.8) is 0 Å². The van der Waals surface area contributed by atoms with Crippen LogP contribution in [0, 0.1) is 0 Å². The van der Waals surface area contributed by atoms with E-state index < -0.39 is 5.97 Å². The molecule has 0 aromatic carbocycles. The minimum absolute atomic E-state index is 0.138. The fourth-order valence-corrected chi connectivity index (χ4v) is 1.32. The van der Waals surface area contributed by atoms with Crippen LogP contribution in [0.25, 0.3) is 0 Å². The summed E-state index contributed by atoms with van der Waals surface area (Å²) in [5, 5.41) is 0. The van der Waals surface area contributed by atoms with Crippen molar-refractivity contribution in [2.45, 2.75) is 51.9 Å². The smallest absolute Gasteiger partial charge is 0.313 e. The van der Waals surface area contributed by atoms with Gasteiger partial charge in [-0.05, 0) is 19.3 Å². The number of ether oxygens (including phenoxy) is 2. The summed E-state index contributed by atoms with van der Waals surface area (Å²) in [5.74, 6) is -0.871. The molecular formula is C13H22O5. The zero-order valence-corrected chi connectivity index (χ0v) is 11.2. The SMILES string of the molecule is CCCCOC(=O)CC(=O)CCCCC(=O)OC. The van der Waals surface area contributed by atoms with Gasteiger partial charge in [0.2, 0.25) is 0 Å². The largest absolute Gasteiger partial charge is 0.469 e. The molecule has 0 heterocycles. The quantitative estimate of drug-likeness (QED) is 0.340. The third-order valence-electron chi connectivity index (χ3n) is 2.42. The molecule has 0 aliphatic heterocycles. The summed E-state index contributed by atoms with van der Waals surface area (Å²) >= 11 is 0. The van der Waals surface area contributed by atoms with Crippen LogP contribution in [0.2, 0.25) is 0 Å². The van der Waals surface area contributed by atoms with Crippen molar-refractivity contribution in [1.29, 1.82) is 0 Å². The Kier molecular flexibility index (Phi) is 9.91. The van der Waals surface area contributed by atoms with Gasteiger partial charge < -0.3 is 9.47 Å². The van der Waals surface area contributed by atoms with Crippen LogP contribution in [0.5, 0.6) is 0 Å². The van der Waals surface area contributed by atoms with Crippen LogP contribution in [0.1, 0.15) is 51.9 Å². The highest BCUT2D eigenvalue weighted by Crippen LogP contribution is 2.04. The molecule has 5 nitrogen and oxygen atoms in total. The van der Waals surface area contributed by atoms with Crippen LogP contribution in [0.4, 0.5) is 0 Å². The zero-order valence-electron chi connectivity index (χ0n) is 11.2. The number of methoxy groups -OCH3 is 1. The molecule has 0 fully saturated rings. The molecule has 0 saturated heterocycles. The van der Waals surface area contributed by atoms with Crippen molar-refractivity contribution in [1.82, 2.24) is 0 Å². The van der Waals surface area contributed by atoms with Crippen molar-refractivity contribution in [3.8, 4) is 0 Å². The lowest BCUT2D eigenvalue weighted by atomic mass is 10.1. The van der Waals surface area contributed by atoms with E-state index in [9.17, 15) is 14.4 Å². The van der Waals surface area contributed by atoms with Crippen molar-refractivity contribution >= 4 is 17.7 Å². The monoisotopic (exact) mass is 258 g/mol. The molecule has 0 radical (unpaired) electrons. The molecule has 0 aromatic rings. The number of rotatable bonds is 10. The maximum Gasteiger partial charge on any atom is 0.313 e. The molecule has 0 aliphatic carbocycles. The molecule has 0 aliphatic rings. The number of esters is 2. The van der Waals surface area contributed by atoms with E-state index in [1.54, 1.807) is 0 Å². The first kappa shape index (κ1) is 16.6. The Hall–Kier alpha value is -1.39. The minimum atomic E-state index is -0.457. The molecule has 0 atom stereocenters. The molecule has 0 saturated carbocycles. The minimum Gasteiger partial charge on any atom is -0.469 e. The van der Waals surface area contributed by atoms with Crippen molar-refractivity contribution in [2.75, 3.05) is 13.7 Å². The van der Waals surface area contributed by atoms with Crippen LogP contribution in [-0.2, 0) is 23.9 Å². The fourth-order valence-electron chi connectivity index (χ4n) is 1.32. The topological polar surface area (TPSA) is 69.7 Å². The Labute approximate surface area is 108 Å². The number of hydrogen-bond acceptors (Lipinski definition) is 5. The van der Waals surface area contributed by atoms with Gasteiger partial charge in [-0.15, -0.1) is 0 Å². The number of carbonyl (C=O) groups excluding carboxylic acids is 3. The summed E-state index contributed by atoms with van der Waals surface area (Å²) in [6.07, 6.45) is 3.42. The predicted molar refractivity (Wildman–Crippen MR) is 66.0 cm³/mol. The number of hydrogen-bond donors (Lipinski definition) is 0. The van der Waals surface area contributed by atoms with Gasteiger partial charge in [0.15, 0.2) is 0 Å². The Morgan fingerprint density at radius 3 is 2.22 bits per heavy atom. The predicted octanol–water partition coefficient (Wildman–Crippen LogP) is 2.02. The Morgan fingerprint density at radius 2 is 1.61 bits per heavy atom. The molecule has 0 unspecified atom stereocenters. The first-order chi connectivity index (χ1) is 8.60. The van der Waals surface area contributed by atoms with Crippen LogP contribution < -0.4 is 0 Å². The average molecular weight is 258 g/mol. The van der Waals surface area contributed by atoms with Crippen LogP contribution in [0.3, 0.4) is 0 Å². The lowest BCUT2D eigenvalue weighted by molar-refractivity contribution is -0.146. The summed E-state index contributed by atoms with van der Waals surface area (Å²) in [4.78, 5) is 33.4. The molecule has 0 N–H and O–H groups in total. The van der Waals surface area contributed by atoms with Gasteiger partial charge in [0, 0.05) is 12.8 Å². The lowest BCUT2D eigenvalue weighted by Crippen LogP contribution is -2.12. The van der Waals surface area contributed by atoms with Gasteiger partial charge in [0.1, 0.15) is 12.2 Å². The average Bonchev–Trinajstić information content (AvgIpc) is 2.34. The van der Waals surface area contributed by atoms with E-state index in [0.29, 0.717) is 32.3 Å². The van der Waals surface area contributed by atoms with Crippen LogP contribution in [0.15, 0.2) is 0 Å². The molecule has 0 aromatic heterocycles. The summed E-state index contributed by atoms with van der Waals surface area (Å²) < 4.78 is 9.36. The number of unbranched alkanes of at least 4 members (excludes halogenated alkanes) is 2. The highest BCUT2D eigenvalue weighted by atomic mass is 16.5. The molecule has 0 spiro atoms. The van der Waals surface area contributed by atoms with E-state index >= 15 is 0 Å². The van der Waals surface area contributed by atoms with Crippen LogP contribution in [-0.4, -0.2) is 31.4 Å². The first-order valence-corrected chi connectivity index (χ1v) is 6.34. The van der Waals surface area contributed by atoms with E-state index in [4.69, 9.17) is 4.74 Å². The number of ketones is 1. The van der Waals surface area contributed by atoms with Crippen molar-refractivity contribution in [2.24, 2.45) is 0 Å². The third-order valence-corrected chi connectivity index (χ3v) is 2.42. The Bertz CT molecular complexity index is 273. The second-order valence-electron chi connectivity index (χ2n) is 4.07. The van der Waals surface area contributed by atoms with E-state index in [-0.39, 0.29) is 18.2 Å². The highest BCUT2D eigenvalue weighted by Gasteiger charge is 2.10. The van der Waals surface area contributed by atoms with Gasteiger partial charge >= 0.3 is 11.9 Å². The maximum absolute atomic E-state index is 11.4. The normalized spacial score (nSPS) is 9.89. The molecule has 0 rings (SSSR count). The lowest BCUT2D eigenvalue weighted by Gasteiger charge is -2.03. The molecule has 0 bridgehead atoms.